The Morgan fingerprint density at radius 1 is 1.35 bits per heavy atom. The lowest BCUT2D eigenvalue weighted by Gasteiger charge is -2.25. The van der Waals surface area contributed by atoms with Gasteiger partial charge in [0, 0.05) is 17.0 Å². The van der Waals surface area contributed by atoms with Crippen LogP contribution in [0.3, 0.4) is 0 Å². The third kappa shape index (κ3) is 2.50. The molecule has 0 aromatic carbocycles. The lowest BCUT2D eigenvalue weighted by molar-refractivity contribution is 0.606. The molecule has 1 aliphatic rings. The van der Waals surface area contributed by atoms with Gasteiger partial charge in [0.1, 0.15) is 18.0 Å². The Kier molecular flexibility index (Phi) is 3.87. The molecule has 20 heavy (non-hydrogen) atoms. The van der Waals surface area contributed by atoms with E-state index in [1.54, 1.807) is 6.33 Å². The number of fused-ring (bicyclic) bond motifs is 1. The summed E-state index contributed by atoms with van der Waals surface area (Å²) in [4.78, 5) is 10.2. The van der Waals surface area contributed by atoms with E-state index in [0.29, 0.717) is 6.04 Å². The predicted molar refractivity (Wildman–Crippen MR) is 84.6 cm³/mol. The van der Waals surface area contributed by atoms with Crippen LogP contribution in [0.4, 0.5) is 11.6 Å². The summed E-state index contributed by atoms with van der Waals surface area (Å²) in [7, 11) is 0. The fraction of sp³-hybridized carbons (Fsp3) is 0.467. The van der Waals surface area contributed by atoms with Crippen LogP contribution in [0.2, 0.25) is 0 Å². The molecule has 2 heterocycles. The average molecular weight is 288 g/mol. The van der Waals surface area contributed by atoms with Gasteiger partial charge in [-0.25, -0.2) is 9.97 Å². The van der Waals surface area contributed by atoms with E-state index in [1.165, 1.54) is 29.7 Å². The first-order valence-electron chi connectivity index (χ1n) is 7.18. The lowest BCUT2D eigenvalue weighted by atomic mass is 9.94. The van der Waals surface area contributed by atoms with Crippen LogP contribution in [0.1, 0.15) is 41.8 Å². The molecular weight excluding hydrogens is 268 g/mol. The van der Waals surface area contributed by atoms with Gasteiger partial charge in [-0.3, -0.25) is 0 Å². The fourth-order valence-electron chi connectivity index (χ4n) is 2.74. The number of thiophene rings is 1. The van der Waals surface area contributed by atoms with Crippen molar-refractivity contribution in [2.75, 3.05) is 17.2 Å². The van der Waals surface area contributed by atoms with Crippen LogP contribution < -0.4 is 10.6 Å². The summed E-state index contributed by atoms with van der Waals surface area (Å²) in [6.45, 7) is 5.01. The van der Waals surface area contributed by atoms with Gasteiger partial charge in [0.05, 0.1) is 6.04 Å². The Bertz CT molecular complexity index is 593. The van der Waals surface area contributed by atoms with Gasteiger partial charge in [0.25, 0.3) is 0 Å². The molecule has 0 fully saturated rings. The lowest BCUT2D eigenvalue weighted by Crippen LogP contribution is -2.17. The van der Waals surface area contributed by atoms with Crippen LogP contribution in [0, 0.1) is 6.92 Å². The Balaban J connectivity index is 1.84. The SMILES string of the molecule is CCNc1ncnc(NC2CCCc3sccc32)c1C. The Labute approximate surface area is 123 Å². The molecule has 2 N–H and O–H groups in total. The molecule has 1 aliphatic carbocycles. The fourth-order valence-corrected chi connectivity index (χ4v) is 3.73. The predicted octanol–water partition coefficient (Wildman–Crippen LogP) is 3.77. The number of nitrogens with zero attached hydrogens (tertiary/aromatic N) is 2. The van der Waals surface area contributed by atoms with Crippen molar-refractivity contribution in [3.05, 3.63) is 33.8 Å². The minimum atomic E-state index is 0.382. The zero-order valence-electron chi connectivity index (χ0n) is 11.9. The monoisotopic (exact) mass is 288 g/mol. The van der Waals surface area contributed by atoms with E-state index in [4.69, 9.17) is 0 Å². The second-order valence-electron chi connectivity index (χ2n) is 5.11. The van der Waals surface area contributed by atoms with Crippen LogP contribution in [0.5, 0.6) is 0 Å². The highest BCUT2D eigenvalue weighted by atomic mass is 32.1. The first-order valence-corrected chi connectivity index (χ1v) is 8.05. The minimum Gasteiger partial charge on any atom is -0.370 e. The number of nitrogens with one attached hydrogen (secondary N) is 2. The van der Waals surface area contributed by atoms with E-state index < -0.39 is 0 Å². The molecule has 0 aliphatic heterocycles. The van der Waals surface area contributed by atoms with Crippen molar-refractivity contribution in [1.82, 2.24) is 9.97 Å². The van der Waals surface area contributed by atoms with E-state index in [9.17, 15) is 0 Å². The van der Waals surface area contributed by atoms with Crippen molar-refractivity contribution in [3.63, 3.8) is 0 Å². The van der Waals surface area contributed by atoms with Gasteiger partial charge in [-0.05, 0) is 50.1 Å². The molecule has 0 saturated carbocycles. The van der Waals surface area contributed by atoms with E-state index in [1.807, 2.05) is 11.3 Å². The summed E-state index contributed by atoms with van der Waals surface area (Å²) in [5, 5.41) is 9.08. The number of hydrogen-bond acceptors (Lipinski definition) is 5. The third-order valence-electron chi connectivity index (χ3n) is 3.79. The highest BCUT2D eigenvalue weighted by Gasteiger charge is 2.22. The summed E-state index contributed by atoms with van der Waals surface area (Å²) in [6.07, 6.45) is 5.26. The molecule has 0 amide bonds. The van der Waals surface area contributed by atoms with Gasteiger partial charge >= 0.3 is 0 Å². The zero-order chi connectivity index (χ0) is 13.9. The first-order chi connectivity index (χ1) is 9.79. The molecular formula is C15H20N4S. The van der Waals surface area contributed by atoms with Crippen molar-refractivity contribution in [2.45, 2.75) is 39.2 Å². The average Bonchev–Trinajstić information content (AvgIpc) is 2.93. The molecule has 1 unspecified atom stereocenters. The molecule has 0 spiro atoms. The molecule has 0 saturated heterocycles. The van der Waals surface area contributed by atoms with Crippen molar-refractivity contribution >= 4 is 23.0 Å². The minimum absolute atomic E-state index is 0.382. The van der Waals surface area contributed by atoms with Gasteiger partial charge < -0.3 is 10.6 Å². The molecule has 5 heteroatoms. The summed E-state index contributed by atoms with van der Waals surface area (Å²) in [5.74, 6) is 1.87. The topological polar surface area (TPSA) is 49.8 Å². The maximum Gasteiger partial charge on any atom is 0.134 e. The van der Waals surface area contributed by atoms with Crippen LogP contribution in [-0.2, 0) is 6.42 Å². The Hall–Kier alpha value is -1.62. The summed E-state index contributed by atoms with van der Waals surface area (Å²) in [5.41, 5.74) is 2.54. The number of anilines is 2. The van der Waals surface area contributed by atoms with Gasteiger partial charge in [-0.2, -0.15) is 0 Å². The second kappa shape index (κ2) is 5.79. The van der Waals surface area contributed by atoms with Gasteiger partial charge in [-0.1, -0.05) is 0 Å². The smallest absolute Gasteiger partial charge is 0.134 e. The van der Waals surface area contributed by atoms with Crippen molar-refractivity contribution in [3.8, 4) is 0 Å². The van der Waals surface area contributed by atoms with E-state index in [0.717, 1.165) is 23.7 Å². The van der Waals surface area contributed by atoms with Crippen LogP contribution in [0.15, 0.2) is 17.8 Å². The molecule has 0 bridgehead atoms. The van der Waals surface area contributed by atoms with Crippen LogP contribution in [0.25, 0.3) is 0 Å². The molecule has 2 aromatic heterocycles. The molecule has 106 valence electrons. The van der Waals surface area contributed by atoms with Crippen molar-refractivity contribution in [1.29, 1.82) is 0 Å². The van der Waals surface area contributed by atoms with E-state index >= 15 is 0 Å². The molecule has 0 radical (unpaired) electrons. The van der Waals surface area contributed by atoms with Crippen molar-refractivity contribution < 1.29 is 0 Å². The first kappa shape index (κ1) is 13.4. The molecule has 3 rings (SSSR count). The number of hydrogen-bond donors (Lipinski definition) is 2. The highest BCUT2D eigenvalue weighted by molar-refractivity contribution is 7.10. The Morgan fingerprint density at radius 3 is 3.05 bits per heavy atom. The zero-order valence-corrected chi connectivity index (χ0v) is 12.8. The second-order valence-corrected chi connectivity index (χ2v) is 6.12. The highest BCUT2D eigenvalue weighted by Crippen LogP contribution is 2.36. The van der Waals surface area contributed by atoms with Crippen molar-refractivity contribution in [2.24, 2.45) is 0 Å². The molecule has 2 aromatic rings. The van der Waals surface area contributed by atoms with E-state index in [2.05, 4.69) is 45.9 Å². The third-order valence-corrected chi connectivity index (χ3v) is 4.79. The number of rotatable bonds is 4. The number of aryl methyl sites for hydroxylation is 1. The van der Waals surface area contributed by atoms with Gasteiger partial charge in [-0.15, -0.1) is 11.3 Å². The quantitative estimate of drug-likeness (QED) is 0.899. The van der Waals surface area contributed by atoms with Gasteiger partial charge in [0.15, 0.2) is 0 Å². The standard InChI is InChI=1S/C15H20N4S/c1-3-16-14-10(2)15(18-9-17-14)19-12-5-4-6-13-11(12)7-8-20-13/h7-9,12H,3-6H2,1-2H3,(H2,16,17,18,19). The summed E-state index contributed by atoms with van der Waals surface area (Å²) < 4.78 is 0. The maximum absolute atomic E-state index is 4.41. The maximum atomic E-state index is 4.41. The van der Waals surface area contributed by atoms with Crippen LogP contribution in [-0.4, -0.2) is 16.5 Å². The summed E-state index contributed by atoms with van der Waals surface area (Å²) >= 11 is 1.87. The molecule has 4 nitrogen and oxygen atoms in total. The molecule has 1 atom stereocenters. The summed E-state index contributed by atoms with van der Waals surface area (Å²) in [6, 6.07) is 2.63. The van der Waals surface area contributed by atoms with E-state index in [-0.39, 0.29) is 0 Å². The van der Waals surface area contributed by atoms with Gasteiger partial charge in [0.2, 0.25) is 0 Å². The normalized spacial score (nSPS) is 17.6. The number of aromatic nitrogens is 2. The van der Waals surface area contributed by atoms with Crippen LogP contribution >= 0.6 is 11.3 Å². The Morgan fingerprint density at radius 2 is 2.20 bits per heavy atom. The largest absolute Gasteiger partial charge is 0.370 e.